The van der Waals surface area contributed by atoms with Crippen molar-refractivity contribution in [2.24, 2.45) is 35.5 Å². The van der Waals surface area contributed by atoms with E-state index in [1.165, 1.54) is 17.2 Å². The largest absolute Gasteiger partial charge is 0.487 e. The minimum absolute atomic E-state index is 0.00736. The van der Waals surface area contributed by atoms with E-state index in [2.05, 4.69) is 17.4 Å². The van der Waals surface area contributed by atoms with E-state index in [-0.39, 0.29) is 60.4 Å². The number of carboxylic acid groups (broad SMARTS) is 1. The fourth-order valence-electron chi connectivity index (χ4n) is 12.0. The molecule has 10 N–H and O–H groups in total. The number of unbranched alkanes of at least 4 members (excludes halogenated alkanes) is 3. The molecule has 3 aliphatic carbocycles. The zero-order valence-corrected chi connectivity index (χ0v) is 53.2. The van der Waals surface area contributed by atoms with Crippen LogP contribution in [-0.4, -0.2) is 138 Å². The Labute approximate surface area is 533 Å². The lowest BCUT2D eigenvalue weighted by atomic mass is 9.85. The molecule has 1 amide bonds. The molecule has 0 unspecified atom stereocenters. The molecule has 17 heteroatoms. The number of hydrogen-bond acceptors (Lipinski definition) is 13. The summed E-state index contributed by atoms with van der Waals surface area (Å²) in [4.78, 5) is 33.5. The number of amides is 1. The number of alkyl halides is 2. The predicted molar refractivity (Wildman–Crippen MR) is 347 cm³/mol. The van der Waals surface area contributed by atoms with Gasteiger partial charge < -0.3 is 60.7 Å². The maximum absolute atomic E-state index is 14.2. The summed E-state index contributed by atoms with van der Waals surface area (Å²) in [6, 6.07) is 28.5. The smallest absolute Gasteiger partial charge is 0.306 e. The quantitative estimate of drug-likeness (QED) is 0.0148. The highest BCUT2D eigenvalue weighted by molar-refractivity contribution is 5.75. The molecule has 0 saturated heterocycles. The normalized spacial score (nSPS) is 25.0. The van der Waals surface area contributed by atoms with Crippen LogP contribution in [0, 0.1) is 35.5 Å². The van der Waals surface area contributed by atoms with E-state index in [9.17, 15) is 64.0 Å². The van der Waals surface area contributed by atoms with Gasteiger partial charge in [-0.25, -0.2) is 0 Å². The van der Waals surface area contributed by atoms with Crippen LogP contribution in [0.1, 0.15) is 154 Å². The van der Waals surface area contributed by atoms with Crippen LogP contribution >= 0.6 is 0 Å². The van der Waals surface area contributed by atoms with Gasteiger partial charge in [0.2, 0.25) is 5.91 Å². The van der Waals surface area contributed by atoms with E-state index in [1.807, 2.05) is 98.0 Å². The SMILES string of the molecule is CC(C)OC(=O)CCC/C=C\C[C@@H]1[C@@H](/C=C/C(F)(F)COc2ccccc2)[C@H](O)C[C@@H]1O.CCNC(=O)CCC/C=C\C[C@@H]1[C@@H](/C=C/[C@@H](O)CCc2ccccc2)[C@H](O)C[C@@H]1O.O=C(O)CCC/C=C\C[C@@H]1[C@@H](CC[C@@H](O)CCc2ccccc2)[C@H](O)C[C@@H]1O. The number of allylic oxidation sites excluding steroid dienone is 6. The Balaban J connectivity index is 0.000000289. The molecule has 6 rings (SSSR count). The number of hydrogen-bond donors (Lipinski definition) is 10. The Kier molecular flexibility index (Phi) is 36.6. The monoisotopic (exact) mass is 1260 g/mol. The van der Waals surface area contributed by atoms with Gasteiger partial charge in [-0.2, -0.15) is 8.78 Å². The highest BCUT2D eigenvalue weighted by Gasteiger charge is 2.42. The van der Waals surface area contributed by atoms with Crippen LogP contribution in [0.3, 0.4) is 0 Å². The van der Waals surface area contributed by atoms with Crippen LogP contribution in [0.25, 0.3) is 0 Å². The molecule has 0 aliphatic heterocycles. The van der Waals surface area contributed by atoms with Crippen molar-refractivity contribution in [3.05, 3.63) is 163 Å². The van der Waals surface area contributed by atoms with Gasteiger partial charge >= 0.3 is 11.9 Å². The number of nitrogens with one attached hydrogen (secondary N) is 1. The molecule has 90 heavy (non-hydrogen) atoms. The van der Waals surface area contributed by atoms with E-state index < -0.39 is 73.2 Å². The Bertz CT molecular complexity index is 2580. The number of aryl methyl sites for hydroxylation is 2. The number of aliphatic hydroxyl groups excluding tert-OH is 8. The zero-order valence-electron chi connectivity index (χ0n) is 53.2. The summed E-state index contributed by atoms with van der Waals surface area (Å²) in [7, 11) is 0. The fraction of sp³-hybridized carbons (Fsp3) is 0.575. The number of aliphatic carboxylic acids is 1. The number of esters is 1. The summed E-state index contributed by atoms with van der Waals surface area (Å²) in [6.45, 7) is 5.37. The topological polar surface area (TPSA) is 264 Å². The molecule has 15 nitrogen and oxygen atoms in total. The number of rotatable bonds is 36. The van der Waals surface area contributed by atoms with Gasteiger partial charge in [0.05, 0.1) is 54.9 Å². The number of para-hydroxylation sites is 1. The third-order valence-corrected chi connectivity index (χ3v) is 16.9. The number of carboxylic acids is 1. The van der Waals surface area contributed by atoms with Crippen molar-refractivity contribution in [2.45, 2.75) is 216 Å². The maximum Gasteiger partial charge on any atom is 0.306 e. The standard InChI is InChI=1S/C25H34F2O5.C25H37NO4.C23H34O5/c1-18(2)32-24(30)13-9-4-3-8-12-20-21(23(29)16-22(20)28)14-15-25(26,27)17-31-19-10-6-5-7-11-19;1-2-26-25(30)13-9-4-3-8-12-21-22(24(29)18-23(21)28)17-16-20(27)15-14-19-10-6-5-7-11-19;24-18(13-12-17-8-4-3-5-9-17)14-15-20-19(21(25)16-22(20)26)10-6-1-2-7-11-23(27)28/h3,5-8,10-11,14-15,18,20-23,28-29H,4,9,12-13,16-17H2,1-2H3;3,5-8,10-11,16-17,20-24,27-29H,2,4,9,12-15,18H2,1H3,(H,26,30);1,3-6,8-9,18-22,24-26H,2,7,10-16H2,(H,27,28)/b8-3-,15-14+;8-3-,17-16+;6-1-/t20-,21-,22+,23-;20-,21+,22+,23-,24+;18-,19+,20+,21-,22+/m100/s1. The fourth-order valence-corrected chi connectivity index (χ4v) is 12.0. The Morgan fingerprint density at radius 1 is 0.589 bits per heavy atom. The molecule has 500 valence electrons. The van der Waals surface area contributed by atoms with E-state index in [1.54, 1.807) is 50.3 Å². The van der Waals surface area contributed by atoms with Crippen LogP contribution in [0.5, 0.6) is 5.75 Å². The number of carbonyl (C=O) groups excluding carboxylic acids is 2. The zero-order chi connectivity index (χ0) is 65.7. The van der Waals surface area contributed by atoms with Crippen LogP contribution in [0.15, 0.2) is 152 Å². The second-order valence-corrected chi connectivity index (χ2v) is 24.6. The van der Waals surface area contributed by atoms with Gasteiger partial charge in [-0.05, 0) is 177 Å². The molecule has 0 aromatic heterocycles. The van der Waals surface area contributed by atoms with Crippen molar-refractivity contribution in [2.75, 3.05) is 13.2 Å². The van der Waals surface area contributed by atoms with Crippen molar-refractivity contribution in [1.29, 1.82) is 0 Å². The number of ether oxygens (including phenoxy) is 2. The maximum atomic E-state index is 14.2. The second kappa shape index (κ2) is 43.0. The van der Waals surface area contributed by atoms with Gasteiger partial charge in [-0.15, -0.1) is 0 Å². The lowest BCUT2D eigenvalue weighted by molar-refractivity contribution is -0.147. The highest BCUT2D eigenvalue weighted by Crippen LogP contribution is 2.40. The Morgan fingerprint density at radius 3 is 1.59 bits per heavy atom. The van der Waals surface area contributed by atoms with Crippen molar-refractivity contribution in [1.82, 2.24) is 5.32 Å². The minimum Gasteiger partial charge on any atom is -0.487 e. The number of halogens is 2. The summed E-state index contributed by atoms with van der Waals surface area (Å²) in [5, 5.41) is 93.8. The average molecular weight is 1260 g/mol. The molecule has 0 spiro atoms. The van der Waals surface area contributed by atoms with Gasteiger partial charge in [0.25, 0.3) is 5.92 Å². The van der Waals surface area contributed by atoms with Crippen LogP contribution in [-0.2, 0) is 32.0 Å². The molecular formula is C73H105F2NO14. The average Bonchev–Trinajstić information content (AvgIpc) is 1.84. The third-order valence-electron chi connectivity index (χ3n) is 16.9. The Morgan fingerprint density at radius 2 is 1.06 bits per heavy atom. The number of benzene rings is 3. The first-order valence-corrected chi connectivity index (χ1v) is 32.7. The summed E-state index contributed by atoms with van der Waals surface area (Å²) in [5.74, 6) is -4.94. The first-order chi connectivity index (χ1) is 43.2. The molecule has 3 aromatic rings. The minimum atomic E-state index is -3.20. The Hall–Kier alpha value is -5.89. The second-order valence-electron chi connectivity index (χ2n) is 24.6. The summed E-state index contributed by atoms with van der Waals surface area (Å²) < 4.78 is 38.7. The molecule has 14 atom stereocenters. The van der Waals surface area contributed by atoms with E-state index in [4.69, 9.17) is 14.6 Å². The molecule has 0 heterocycles. The van der Waals surface area contributed by atoms with Crippen LogP contribution in [0.2, 0.25) is 0 Å². The van der Waals surface area contributed by atoms with Gasteiger partial charge in [0.15, 0.2) is 6.61 Å². The van der Waals surface area contributed by atoms with E-state index in [0.717, 1.165) is 31.8 Å². The molecule has 0 radical (unpaired) electrons. The van der Waals surface area contributed by atoms with Crippen molar-refractivity contribution in [3.8, 4) is 5.75 Å². The van der Waals surface area contributed by atoms with E-state index in [0.29, 0.717) is 109 Å². The summed E-state index contributed by atoms with van der Waals surface area (Å²) >= 11 is 0. The van der Waals surface area contributed by atoms with Gasteiger partial charge in [0.1, 0.15) is 5.75 Å². The molecular weight excluding hydrogens is 1150 g/mol. The lowest BCUT2D eigenvalue weighted by Crippen LogP contribution is -2.25. The number of aliphatic hydroxyl groups is 8. The first kappa shape index (κ1) is 76.6. The summed E-state index contributed by atoms with van der Waals surface area (Å²) in [6.07, 6.45) is 24.9. The van der Waals surface area contributed by atoms with Crippen LogP contribution < -0.4 is 10.1 Å². The number of carbonyl (C=O) groups is 3. The molecule has 0 bridgehead atoms. The van der Waals surface area contributed by atoms with Crippen LogP contribution in [0.4, 0.5) is 8.78 Å². The highest BCUT2D eigenvalue weighted by atomic mass is 19.3. The van der Waals surface area contributed by atoms with Crippen molar-refractivity contribution < 1.29 is 78.6 Å². The summed E-state index contributed by atoms with van der Waals surface area (Å²) in [5.41, 5.74) is 2.40. The van der Waals surface area contributed by atoms with Gasteiger partial charge in [-0.3, -0.25) is 14.4 Å². The van der Waals surface area contributed by atoms with Crippen molar-refractivity contribution in [3.63, 3.8) is 0 Å². The van der Waals surface area contributed by atoms with Crippen molar-refractivity contribution >= 4 is 17.8 Å². The molecule has 3 aromatic carbocycles. The van der Waals surface area contributed by atoms with Gasteiger partial charge in [-0.1, -0.05) is 134 Å². The van der Waals surface area contributed by atoms with E-state index >= 15 is 0 Å². The molecule has 3 saturated carbocycles. The predicted octanol–water partition coefficient (Wildman–Crippen LogP) is 11.1. The molecule has 3 aliphatic rings. The first-order valence-electron chi connectivity index (χ1n) is 32.7. The van der Waals surface area contributed by atoms with Gasteiger partial charge in [0, 0.05) is 50.5 Å². The third kappa shape index (κ3) is 31.0. The lowest BCUT2D eigenvalue weighted by Gasteiger charge is -2.23. The molecule has 3 fully saturated rings.